The molecular formula is C33H33FN4O3S. The third kappa shape index (κ3) is 5.53. The number of fused-ring (bicyclic) bond motifs is 1. The number of likely N-dealkylation sites (tertiary alicyclic amines) is 1. The third-order valence-electron chi connectivity index (χ3n) is 8.06. The number of piperidine rings is 1. The zero-order valence-electron chi connectivity index (χ0n) is 23.7. The molecule has 2 amide bonds. The quantitative estimate of drug-likeness (QED) is 0.273. The van der Waals surface area contributed by atoms with Crippen LogP contribution >= 0.6 is 11.8 Å². The number of rotatable bonds is 6. The number of nitrogens with zero attached hydrogens (tertiary/aromatic N) is 4. The van der Waals surface area contributed by atoms with E-state index in [-0.39, 0.29) is 35.2 Å². The van der Waals surface area contributed by atoms with E-state index in [2.05, 4.69) is 6.92 Å². The van der Waals surface area contributed by atoms with Crippen molar-refractivity contribution in [2.45, 2.75) is 25.0 Å². The number of aromatic nitrogens is 2. The molecule has 1 atom stereocenters. The van der Waals surface area contributed by atoms with Gasteiger partial charge in [0.1, 0.15) is 23.9 Å². The number of hydrogen-bond donors (Lipinski definition) is 0. The molecule has 1 unspecified atom stereocenters. The Bertz CT molecular complexity index is 1570. The van der Waals surface area contributed by atoms with Crippen LogP contribution in [0.5, 0.6) is 5.75 Å². The monoisotopic (exact) mass is 584 g/mol. The predicted molar refractivity (Wildman–Crippen MR) is 164 cm³/mol. The van der Waals surface area contributed by atoms with Crippen LogP contribution in [0.15, 0.2) is 78.9 Å². The minimum atomic E-state index is -0.325. The van der Waals surface area contributed by atoms with Gasteiger partial charge in [-0.1, -0.05) is 49.4 Å². The molecule has 9 heteroatoms. The van der Waals surface area contributed by atoms with E-state index >= 15 is 0 Å². The third-order valence-corrected chi connectivity index (χ3v) is 9.31. The molecule has 2 aliphatic heterocycles. The predicted octanol–water partition coefficient (Wildman–Crippen LogP) is 6.11. The molecule has 0 spiro atoms. The zero-order chi connectivity index (χ0) is 29.2. The van der Waals surface area contributed by atoms with Crippen molar-refractivity contribution in [3.05, 3.63) is 95.8 Å². The molecule has 3 aromatic carbocycles. The molecule has 0 N–H and O–H groups in total. The summed E-state index contributed by atoms with van der Waals surface area (Å²) in [6, 6.07) is 23.7. The van der Waals surface area contributed by atoms with E-state index in [1.165, 1.54) is 23.9 Å². The molecule has 4 aromatic rings. The number of carbonyl (C=O) groups excluding carboxylic acids is 2. The van der Waals surface area contributed by atoms with Gasteiger partial charge in [0, 0.05) is 24.2 Å². The van der Waals surface area contributed by atoms with E-state index in [4.69, 9.17) is 9.84 Å². The number of methoxy groups -OCH3 is 1. The molecule has 2 aliphatic rings. The molecule has 42 heavy (non-hydrogen) atoms. The van der Waals surface area contributed by atoms with Gasteiger partial charge in [-0.15, -0.1) is 11.8 Å². The van der Waals surface area contributed by atoms with Crippen LogP contribution in [0, 0.1) is 11.7 Å². The summed E-state index contributed by atoms with van der Waals surface area (Å²) in [5, 5.41) is 4.79. The first-order chi connectivity index (χ1) is 20.4. The Hall–Kier alpha value is -4.11. The molecule has 0 aliphatic carbocycles. The van der Waals surface area contributed by atoms with Gasteiger partial charge in [-0.2, -0.15) is 5.10 Å². The first-order valence-electron chi connectivity index (χ1n) is 14.2. The average Bonchev–Trinajstić information content (AvgIpc) is 3.35. The molecule has 1 aromatic heterocycles. The van der Waals surface area contributed by atoms with Gasteiger partial charge < -0.3 is 9.64 Å². The Kier molecular flexibility index (Phi) is 8.02. The van der Waals surface area contributed by atoms with Crippen LogP contribution in [-0.2, 0) is 9.59 Å². The average molecular weight is 585 g/mol. The summed E-state index contributed by atoms with van der Waals surface area (Å²) in [6.45, 7) is 3.51. The summed E-state index contributed by atoms with van der Waals surface area (Å²) in [5.74, 6) is 1.43. The largest absolute Gasteiger partial charge is 0.497 e. The van der Waals surface area contributed by atoms with E-state index in [1.54, 1.807) is 28.8 Å². The lowest BCUT2D eigenvalue weighted by Gasteiger charge is -2.32. The van der Waals surface area contributed by atoms with Crippen LogP contribution in [0.2, 0.25) is 0 Å². The van der Waals surface area contributed by atoms with Crippen molar-refractivity contribution in [2.24, 2.45) is 5.92 Å². The van der Waals surface area contributed by atoms with Crippen LogP contribution in [0.3, 0.4) is 0 Å². The lowest BCUT2D eigenvalue weighted by atomic mass is 9.99. The van der Waals surface area contributed by atoms with Gasteiger partial charge >= 0.3 is 0 Å². The number of carbonyl (C=O) groups is 2. The molecular weight excluding hydrogens is 551 g/mol. The van der Waals surface area contributed by atoms with Gasteiger partial charge in [-0.25, -0.2) is 9.07 Å². The lowest BCUT2D eigenvalue weighted by Crippen LogP contribution is -2.46. The maximum absolute atomic E-state index is 14.0. The molecule has 0 radical (unpaired) electrons. The highest BCUT2D eigenvalue weighted by Crippen LogP contribution is 2.48. The maximum Gasteiger partial charge on any atom is 0.242 e. The Morgan fingerprint density at radius 2 is 1.69 bits per heavy atom. The lowest BCUT2D eigenvalue weighted by molar-refractivity contribution is -0.132. The van der Waals surface area contributed by atoms with Gasteiger partial charge in [-0.3, -0.25) is 14.5 Å². The van der Waals surface area contributed by atoms with Crippen LogP contribution in [-0.4, -0.2) is 59.0 Å². The molecule has 1 fully saturated rings. The smallest absolute Gasteiger partial charge is 0.242 e. The van der Waals surface area contributed by atoms with Crippen molar-refractivity contribution in [1.29, 1.82) is 0 Å². The zero-order valence-corrected chi connectivity index (χ0v) is 24.5. The summed E-state index contributed by atoms with van der Waals surface area (Å²) in [6.07, 6.45) is 1.91. The summed E-state index contributed by atoms with van der Waals surface area (Å²) < 4.78 is 21.1. The summed E-state index contributed by atoms with van der Waals surface area (Å²) in [4.78, 5) is 31.1. The highest BCUT2D eigenvalue weighted by atomic mass is 32.2. The fraction of sp³-hybridized carbons (Fsp3) is 0.303. The van der Waals surface area contributed by atoms with E-state index < -0.39 is 0 Å². The Morgan fingerprint density at radius 1 is 1.00 bits per heavy atom. The van der Waals surface area contributed by atoms with E-state index in [0.29, 0.717) is 36.3 Å². The van der Waals surface area contributed by atoms with Crippen molar-refractivity contribution in [3.63, 3.8) is 0 Å². The first kappa shape index (κ1) is 28.0. The maximum atomic E-state index is 14.0. The summed E-state index contributed by atoms with van der Waals surface area (Å²) >= 11 is 1.47. The van der Waals surface area contributed by atoms with Crippen molar-refractivity contribution in [1.82, 2.24) is 14.7 Å². The SMILES string of the molecule is COc1ccc(-n2nc(-c3ccccc3)c3c2N(CC(=O)N2CCC(C)CC2)C(=O)CSC3c2ccc(F)cc2)cc1. The van der Waals surface area contributed by atoms with Gasteiger partial charge in [-0.05, 0) is 60.7 Å². The molecule has 6 rings (SSSR count). The number of amides is 2. The topological polar surface area (TPSA) is 67.7 Å². The molecule has 3 heterocycles. The molecule has 1 saturated heterocycles. The van der Waals surface area contributed by atoms with E-state index in [9.17, 15) is 14.0 Å². The Labute approximate surface area is 249 Å². The number of hydrogen-bond acceptors (Lipinski definition) is 5. The summed E-state index contributed by atoms with van der Waals surface area (Å²) in [7, 11) is 1.61. The standard InChI is InChI=1S/C33H33FN4O3S/c1-22-16-18-36(19-17-22)28(39)20-37-29(40)21-42-32(24-8-10-25(34)11-9-24)30-31(23-6-4-3-5-7-23)35-38(33(30)37)26-12-14-27(41-2)15-13-26/h3-15,22,32H,16-21H2,1-2H3. The molecule has 216 valence electrons. The normalized spacial score (nSPS) is 17.6. The highest BCUT2D eigenvalue weighted by molar-refractivity contribution is 8.00. The van der Waals surface area contributed by atoms with Crippen LogP contribution in [0.4, 0.5) is 10.2 Å². The van der Waals surface area contributed by atoms with Crippen LogP contribution < -0.4 is 9.64 Å². The van der Waals surface area contributed by atoms with Gasteiger partial charge in [0.15, 0.2) is 0 Å². The Balaban J connectivity index is 1.55. The van der Waals surface area contributed by atoms with Crippen LogP contribution in [0.1, 0.15) is 36.1 Å². The number of ether oxygens (including phenoxy) is 1. The minimum absolute atomic E-state index is 0.0739. The van der Waals surface area contributed by atoms with Crippen LogP contribution in [0.25, 0.3) is 16.9 Å². The van der Waals surface area contributed by atoms with Gasteiger partial charge in [0.2, 0.25) is 11.8 Å². The summed E-state index contributed by atoms with van der Waals surface area (Å²) in [5.41, 5.74) is 4.01. The Morgan fingerprint density at radius 3 is 2.36 bits per heavy atom. The molecule has 0 bridgehead atoms. The minimum Gasteiger partial charge on any atom is -0.497 e. The second kappa shape index (κ2) is 12.0. The fourth-order valence-electron chi connectivity index (χ4n) is 5.63. The number of benzene rings is 3. The molecule has 7 nitrogen and oxygen atoms in total. The number of halogens is 1. The second-order valence-electron chi connectivity index (χ2n) is 10.8. The molecule has 0 saturated carbocycles. The van der Waals surface area contributed by atoms with E-state index in [1.807, 2.05) is 59.5 Å². The van der Waals surface area contributed by atoms with Crippen molar-refractivity contribution in [2.75, 3.05) is 37.4 Å². The van der Waals surface area contributed by atoms with Gasteiger partial charge in [0.25, 0.3) is 0 Å². The fourth-order valence-corrected chi connectivity index (χ4v) is 6.82. The van der Waals surface area contributed by atoms with Crippen molar-refractivity contribution < 1.29 is 18.7 Å². The first-order valence-corrected chi connectivity index (χ1v) is 15.3. The van der Waals surface area contributed by atoms with Crippen molar-refractivity contribution in [3.8, 4) is 22.7 Å². The van der Waals surface area contributed by atoms with E-state index in [0.717, 1.165) is 35.2 Å². The number of anilines is 1. The van der Waals surface area contributed by atoms with Crippen molar-refractivity contribution >= 4 is 29.4 Å². The van der Waals surface area contributed by atoms with Gasteiger partial charge in [0.05, 0.1) is 29.5 Å². The highest BCUT2D eigenvalue weighted by Gasteiger charge is 2.38. The number of thioether (sulfide) groups is 1. The second-order valence-corrected chi connectivity index (χ2v) is 11.9.